The molecule has 1 fully saturated rings. The molecule has 0 bridgehead atoms. The molecule has 2 aromatic carbocycles. The summed E-state index contributed by atoms with van der Waals surface area (Å²) in [5, 5.41) is 7.29. The zero-order chi connectivity index (χ0) is 22.9. The molecule has 1 atom stereocenters. The molecule has 5 rings (SSSR count). The summed E-state index contributed by atoms with van der Waals surface area (Å²) in [4.78, 5) is 32.8. The molecule has 0 aliphatic carbocycles. The number of nitrogens with zero attached hydrogens (tertiary/aromatic N) is 4. The van der Waals surface area contributed by atoms with Crippen molar-refractivity contribution >= 4 is 17.5 Å². The quantitative estimate of drug-likeness (QED) is 0.530. The average molecular weight is 440 g/mol. The Hall–Kier alpha value is -4.00. The minimum atomic E-state index is -0.614. The number of fused-ring (bicyclic) bond motifs is 1. The fraction of sp³-hybridized carbons (Fsp3) is 0.231. The lowest BCUT2D eigenvalue weighted by molar-refractivity contribution is -0.127. The lowest BCUT2D eigenvalue weighted by Crippen LogP contribution is -2.58. The van der Waals surface area contributed by atoms with E-state index in [0.29, 0.717) is 30.7 Å². The van der Waals surface area contributed by atoms with E-state index in [9.17, 15) is 9.59 Å². The fourth-order valence-corrected chi connectivity index (χ4v) is 4.54. The van der Waals surface area contributed by atoms with Gasteiger partial charge in [0.05, 0.1) is 6.20 Å². The number of nitrogens with one attached hydrogen (secondary N) is 1. The maximum absolute atomic E-state index is 13.7. The lowest BCUT2D eigenvalue weighted by Gasteiger charge is -2.35. The standard InChI is InChI=1S/C26H25N5O2/c1-17-14-18(2)31-24(29-17)22(16-28-31)26(33)30-13-12-27-25(32)23(30)15-20-10-6-7-11-21(20)19-8-4-3-5-9-19/h3-11,14,16,23H,12-13,15H2,1-2H3,(H,27,32)/t23-/m1/s1. The van der Waals surface area contributed by atoms with Gasteiger partial charge in [-0.15, -0.1) is 0 Å². The number of hydrogen-bond donors (Lipinski definition) is 1. The van der Waals surface area contributed by atoms with Crippen LogP contribution in [0.3, 0.4) is 0 Å². The minimum Gasteiger partial charge on any atom is -0.353 e. The zero-order valence-corrected chi connectivity index (χ0v) is 18.7. The molecular formula is C26H25N5O2. The molecule has 0 radical (unpaired) electrons. The van der Waals surface area contributed by atoms with Gasteiger partial charge in [-0.1, -0.05) is 54.6 Å². The SMILES string of the molecule is Cc1cc(C)n2ncc(C(=O)N3CCNC(=O)[C@H]3Cc3ccccc3-c3ccccc3)c2n1. The number of hydrogen-bond acceptors (Lipinski definition) is 4. The van der Waals surface area contributed by atoms with E-state index in [0.717, 1.165) is 28.1 Å². The second kappa shape index (κ2) is 8.50. The summed E-state index contributed by atoms with van der Waals surface area (Å²) in [5.74, 6) is -0.367. The molecule has 1 N–H and O–H groups in total. The first-order chi connectivity index (χ1) is 16.0. The molecule has 3 heterocycles. The number of piperazine rings is 1. The largest absolute Gasteiger partial charge is 0.353 e. The van der Waals surface area contributed by atoms with Crippen molar-refractivity contribution in [1.82, 2.24) is 24.8 Å². The van der Waals surface area contributed by atoms with E-state index in [4.69, 9.17) is 0 Å². The summed E-state index contributed by atoms with van der Waals surface area (Å²) < 4.78 is 1.67. The lowest BCUT2D eigenvalue weighted by atomic mass is 9.93. The van der Waals surface area contributed by atoms with E-state index in [1.165, 1.54) is 0 Å². The van der Waals surface area contributed by atoms with Gasteiger partial charge in [-0.05, 0) is 36.6 Å². The Morgan fingerprint density at radius 1 is 1.09 bits per heavy atom. The highest BCUT2D eigenvalue weighted by atomic mass is 16.2. The predicted molar refractivity (Wildman–Crippen MR) is 126 cm³/mol. The third kappa shape index (κ3) is 3.86. The maximum atomic E-state index is 13.7. The molecule has 7 heteroatoms. The van der Waals surface area contributed by atoms with Gasteiger partial charge < -0.3 is 10.2 Å². The number of aryl methyl sites for hydroxylation is 2. The summed E-state index contributed by atoms with van der Waals surface area (Å²) in [6, 6.07) is 19.4. The highest BCUT2D eigenvalue weighted by Crippen LogP contribution is 2.26. The van der Waals surface area contributed by atoms with Crippen molar-refractivity contribution in [3.05, 3.63) is 89.4 Å². The van der Waals surface area contributed by atoms with E-state index in [2.05, 4.69) is 33.6 Å². The second-order valence-corrected chi connectivity index (χ2v) is 8.37. The number of benzene rings is 2. The van der Waals surface area contributed by atoms with Gasteiger partial charge in [-0.25, -0.2) is 9.50 Å². The number of aromatic nitrogens is 3. The summed E-state index contributed by atoms with van der Waals surface area (Å²) in [6.07, 6.45) is 1.98. The van der Waals surface area contributed by atoms with Gasteiger partial charge in [0, 0.05) is 30.9 Å². The van der Waals surface area contributed by atoms with Crippen LogP contribution in [0.15, 0.2) is 66.9 Å². The molecule has 0 spiro atoms. The van der Waals surface area contributed by atoms with E-state index < -0.39 is 6.04 Å². The van der Waals surface area contributed by atoms with Crippen molar-refractivity contribution in [1.29, 1.82) is 0 Å². The van der Waals surface area contributed by atoms with E-state index >= 15 is 0 Å². The van der Waals surface area contributed by atoms with E-state index in [-0.39, 0.29) is 11.8 Å². The Morgan fingerprint density at radius 3 is 2.67 bits per heavy atom. The molecule has 2 amide bonds. The highest BCUT2D eigenvalue weighted by Gasteiger charge is 2.35. The van der Waals surface area contributed by atoms with Crippen LogP contribution >= 0.6 is 0 Å². The van der Waals surface area contributed by atoms with Gasteiger partial charge in [0.1, 0.15) is 11.6 Å². The van der Waals surface area contributed by atoms with Crippen LogP contribution in [0, 0.1) is 13.8 Å². The van der Waals surface area contributed by atoms with Crippen LogP contribution in [0.25, 0.3) is 16.8 Å². The van der Waals surface area contributed by atoms with Crippen LogP contribution in [0.5, 0.6) is 0 Å². The molecule has 4 aromatic rings. The Kier molecular flexibility index (Phi) is 5.38. The molecule has 0 saturated carbocycles. The van der Waals surface area contributed by atoms with Crippen LogP contribution in [-0.2, 0) is 11.2 Å². The van der Waals surface area contributed by atoms with Gasteiger partial charge in [0.2, 0.25) is 5.91 Å². The zero-order valence-electron chi connectivity index (χ0n) is 18.7. The Labute approximate surface area is 192 Å². The molecule has 166 valence electrons. The fourth-order valence-electron chi connectivity index (χ4n) is 4.54. The third-order valence-corrected chi connectivity index (χ3v) is 6.12. The number of carbonyl (C=O) groups excluding carboxylic acids is 2. The van der Waals surface area contributed by atoms with Crippen LogP contribution in [0.1, 0.15) is 27.3 Å². The topological polar surface area (TPSA) is 79.6 Å². The van der Waals surface area contributed by atoms with Crippen molar-refractivity contribution in [2.24, 2.45) is 0 Å². The Bertz CT molecular complexity index is 1350. The van der Waals surface area contributed by atoms with Gasteiger partial charge in [-0.3, -0.25) is 9.59 Å². The third-order valence-electron chi connectivity index (χ3n) is 6.12. The van der Waals surface area contributed by atoms with Crippen molar-refractivity contribution in [3.63, 3.8) is 0 Å². The minimum absolute atomic E-state index is 0.144. The monoisotopic (exact) mass is 439 g/mol. The Morgan fingerprint density at radius 2 is 1.85 bits per heavy atom. The predicted octanol–water partition coefficient (Wildman–Crippen LogP) is 3.20. The van der Waals surface area contributed by atoms with Crippen molar-refractivity contribution in [3.8, 4) is 11.1 Å². The van der Waals surface area contributed by atoms with Gasteiger partial charge in [-0.2, -0.15) is 5.10 Å². The summed E-state index contributed by atoms with van der Waals surface area (Å²) in [6.45, 7) is 4.68. The van der Waals surface area contributed by atoms with Gasteiger partial charge >= 0.3 is 0 Å². The second-order valence-electron chi connectivity index (χ2n) is 8.37. The Balaban J connectivity index is 1.51. The molecular weight excluding hydrogens is 414 g/mol. The highest BCUT2D eigenvalue weighted by molar-refractivity contribution is 6.02. The number of rotatable bonds is 4. The first-order valence-electron chi connectivity index (χ1n) is 11.1. The normalized spacial score (nSPS) is 16.1. The van der Waals surface area contributed by atoms with Crippen LogP contribution in [-0.4, -0.2) is 50.4 Å². The average Bonchev–Trinajstić information content (AvgIpc) is 3.25. The molecule has 33 heavy (non-hydrogen) atoms. The van der Waals surface area contributed by atoms with Crippen LogP contribution in [0.4, 0.5) is 0 Å². The number of carbonyl (C=O) groups is 2. The first-order valence-corrected chi connectivity index (χ1v) is 11.1. The van der Waals surface area contributed by atoms with Crippen molar-refractivity contribution < 1.29 is 9.59 Å². The maximum Gasteiger partial charge on any atom is 0.260 e. The van der Waals surface area contributed by atoms with E-state index in [1.54, 1.807) is 15.6 Å². The molecule has 2 aromatic heterocycles. The van der Waals surface area contributed by atoms with Crippen LogP contribution < -0.4 is 5.32 Å². The van der Waals surface area contributed by atoms with Gasteiger partial charge in [0.15, 0.2) is 5.65 Å². The van der Waals surface area contributed by atoms with Crippen molar-refractivity contribution in [2.75, 3.05) is 13.1 Å². The molecule has 0 unspecified atom stereocenters. The van der Waals surface area contributed by atoms with Crippen LogP contribution in [0.2, 0.25) is 0 Å². The summed E-state index contributed by atoms with van der Waals surface area (Å²) in [5.41, 5.74) is 5.83. The molecule has 1 saturated heterocycles. The smallest absolute Gasteiger partial charge is 0.260 e. The van der Waals surface area contributed by atoms with Crippen molar-refractivity contribution in [2.45, 2.75) is 26.3 Å². The van der Waals surface area contributed by atoms with Gasteiger partial charge in [0.25, 0.3) is 5.91 Å². The van der Waals surface area contributed by atoms with E-state index in [1.807, 2.05) is 56.3 Å². The number of amides is 2. The first kappa shape index (κ1) is 20.9. The molecule has 7 nitrogen and oxygen atoms in total. The summed E-state index contributed by atoms with van der Waals surface area (Å²) >= 11 is 0. The molecule has 1 aliphatic rings. The summed E-state index contributed by atoms with van der Waals surface area (Å²) in [7, 11) is 0. The molecule has 1 aliphatic heterocycles.